The number of carbonyl (C=O) groups is 1. The van der Waals surface area contributed by atoms with Crippen molar-refractivity contribution in [3.05, 3.63) is 81.8 Å². The maximum Gasteiger partial charge on any atom is 0.387 e. The topological polar surface area (TPSA) is 88.9 Å². The first-order valence-corrected chi connectivity index (χ1v) is 12.5. The second-order valence-electron chi connectivity index (χ2n) is 8.09. The van der Waals surface area contributed by atoms with E-state index in [9.17, 15) is 18.0 Å². The van der Waals surface area contributed by atoms with Crippen molar-refractivity contribution < 1.29 is 42.6 Å². The number of pyridine rings is 1. The van der Waals surface area contributed by atoms with E-state index in [0.29, 0.717) is 38.6 Å². The van der Waals surface area contributed by atoms with Crippen molar-refractivity contribution >= 4 is 40.3 Å². The number of benzene rings is 2. The van der Waals surface area contributed by atoms with Gasteiger partial charge < -0.3 is 19.7 Å². The van der Waals surface area contributed by atoms with Crippen LogP contribution in [0.25, 0.3) is 0 Å². The number of alkyl halides is 2. The summed E-state index contributed by atoms with van der Waals surface area (Å²) in [5, 5.41) is 0.00453. The molecule has 37 heavy (non-hydrogen) atoms. The third-order valence-corrected chi connectivity index (χ3v) is 6.81. The number of aromatic nitrogens is 1. The molecular formula is C25H22Cl2F3NO5S. The van der Waals surface area contributed by atoms with E-state index >= 15 is 0 Å². The predicted molar refractivity (Wildman–Crippen MR) is 131 cm³/mol. The largest absolute Gasteiger partial charge is 0.870 e. The summed E-state index contributed by atoms with van der Waals surface area (Å²) >= 11 is 13.4. The average molecular weight is 576 g/mol. The molecule has 2 N–H and O–H groups in total. The van der Waals surface area contributed by atoms with Gasteiger partial charge in [-0.2, -0.15) is 8.78 Å². The maximum atomic E-state index is 13.2. The molecule has 0 saturated heterocycles. The average Bonchev–Trinajstić information content (AvgIpc) is 3.66. The lowest BCUT2D eigenvalue weighted by Crippen LogP contribution is -2.14. The van der Waals surface area contributed by atoms with Crippen molar-refractivity contribution in [3.8, 4) is 11.5 Å². The van der Waals surface area contributed by atoms with E-state index in [2.05, 4.69) is 9.72 Å². The van der Waals surface area contributed by atoms with Crippen LogP contribution in [0, 0.1) is 11.7 Å². The monoisotopic (exact) mass is 575 g/mol. The molecule has 0 bridgehead atoms. The molecular weight excluding hydrogens is 554 g/mol. The Balaban J connectivity index is 0.00000380. The van der Waals surface area contributed by atoms with Gasteiger partial charge in [-0.3, -0.25) is 0 Å². The first kappa shape index (κ1) is 28.9. The Labute approximate surface area is 225 Å². The van der Waals surface area contributed by atoms with E-state index in [1.54, 1.807) is 12.4 Å². The highest BCUT2D eigenvalue weighted by molar-refractivity contribution is 8.13. The van der Waals surface area contributed by atoms with Gasteiger partial charge in [0.1, 0.15) is 22.0 Å². The standard InChI is InChI=1S/C25H20Cl2F3NO4S.H2O/c26-19-11-31-12-20(27)18(19)10-22(35-25(32)36-17-6-4-16(28)5-7-17)15-3-8-21(34-24(29)30)23(9-15)33-13-14-1-2-14;/h3-9,11-12,14,22,24H,1-2,10,13H2;1H2/t22-;/m0./s1. The number of hydrogen-bond donors (Lipinski definition) is 0. The van der Waals surface area contributed by atoms with Gasteiger partial charge in [0.15, 0.2) is 23.9 Å². The van der Waals surface area contributed by atoms with E-state index in [-0.39, 0.29) is 23.4 Å². The minimum absolute atomic E-state index is 0. The Morgan fingerprint density at radius 3 is 2.35 bits per heavy atom. The molecule has 2 aromatic carbocycles. The fourth-order valence-corrected chi connectivity index (χ4v) is 4.51. The molecule has 0 unspecified atom stereocenters. The van der Waals surface area contributed by atoms with Gasteiger partial charge >= 0.3 is 11.9 Å². The van der Waals surface area contributed by atoms with Crippen LogP contribution in [0.5, 0.6) is 11.5 Å². The third-order valence-electron chi connectivity index (χ3n) is 5.37. The second-order valence-corrected chi connectivity index (χ2v) is 9.91. The van der Waals surface area contributed by atoms with Crippen molar-refractivity contribution in [3.63, 3.8) is 0 Å². The van der Waals surface area contributed by atoms with Crippen LogP contribution in [0.1, 0.15) is 30.1 Å². The number of carbonyl (C=O) groups excluding carboxylic acids is 1. The van der Waals surface area contributed by atoms with E-state index in [0.717, 1.165) is 24.6 Å². The lowest BCUT2D eigenvalue weighted by molar-refractivity contribution is -0.377. The zero-order valence-electron chi connectivity index (χ0n) is 19.1. The van der Waals surface area contributed by atoms with Crippen LogP contribution >= 0.6 is 35.0 Å². The van der Waals surface area contributed by atoms with Gasteiger partial charge in [-0.15, -0.1) is 0 Å². The Hall–Kier alpha value is -2.66. The number of rotatable bonds is 10. The molecule has 3 aromatic rings. The van der Waals surface area contributed by atoms with E-state index < -0.39 is 23.8 Å². The van der Waals surface area contributed by atoms with E-state index in [1.807, 2.05) is 0 Å². The van der Waals surface area contributed by atoms with Gasteiger partial charge in [0, 0.05) is 16.9 Å². The summed E-state index contributed by atoms with van der Waals surface area (Å²) in [5.74, 6) is -0.0661. The number of thioether (sulfide) groups is 1. The molecule has 1 saturated carbocycles. The van der Waals surface area contributed by atoms with Crippen molar-refractivity contribution in [2.24, 2.45) is 5.92 Å². The maximum absolute atomic E-state index is 13.2. The van der Waals surface area contributed by atoms with Crippen LogP contribution in [-0.2, 0) is 11.2 Å². The van der Waals surface area contributed by atoms with E-state index in [4.69, 9.17) is 32.7 Å². The van der Waals surface area contributed by atoms with Crippen LogP contribution in [-0.4, -0.2) is 24.0 Å². The van der Waals surface area contributed by atoms with Crippen molar-refractivity contribution in [2.75, 3.05) is 6.61 Å². The van der Waals surface area contributed by atoms with E-state index in [1.165, 1.54) is 42.5 Å². The molecule has 198 valence electrons. The number of nitrogens with one attached hydrogen (secondary N) is 1. The molecule has 1 fully saturated rings. The van der Waals surface area contributed by atoms with Gasteiger partial charge in [0.2, 0.25) is 0 Å². The number of H-pyrrole nitrogens is 1. The molecule has 1 atom stereocenters. The second kappa shape index (κ2) is 13.2. The summed E-state index contributed by atoms with van der Waals surface area (Å²) in [6, 6.07) is 9.75. The van der Waals surface area contributed by atoms with Crippen LogP contribution in [0.15, 0.2) is 59.8 Å². The Kier molecular flexibility index (Phi) is 10.3. The lowest BCUT2D eigenvalue weighted by Gasteiger charge is -2.21. The molecule has 12 heteroatoms. The summed E-state index contributed by atoms with van der Waals surface area (Å²) in [6.45, 7) is -2.67. The fraction of sp³-hybridized carbons (Fsp3) is 0.280. The summed E-state index contributed by atoms with van der Waals surface area (Å²) in [7, 11) is 0. The number of hydrogen-bond acceptors (Lipinski definition) is 6. The molecule has 0 aliphatic heterocycles. The van der Waals surface area contributed by atoms with Crippen molar-refractivity contribution in [1.29, 1.82) is 0 Å². The normalized spacial score (nSPS) is 13.6. The van der Waals surface area contributed by atoms with Gasteiger partial charge in [-0.1, -0.05) is 29.3 Å². The minimum atomic E-state index is -3.03. The molecule has 0 amide bonds. The zero-order chi connectivity index (χ0) is 25.7. The highest BCUT2D eigenvalue weighted by atomic mass is 35.5. The summed E-state index contributed by atoms with van der Waals surface area (Å²) in [4.78, 5) is 16.1. The first-order valence-electron chi connectivity index (χ1n) is 11.0. The molecule has 1 heterocycles. The highest BCUT2D eigenvalue weighted by Gasteiger charge is 2.26. The number of ether oxygens (including phenoxy) is 3. The van der Waals surface area contributed by atoms with Gasteiger partial charge in [-0.25, -0.2) is 14.2 Å². The summed E-state index contributed by atoms with van der Waals surface area (Å²) < 4.78 is 55.2. The lowest BCUT2D eigenvalue weighted by atomic mass is 10.0. The number of halogens is 5. The molecule has 0 radical (unpaired) electrons. The van der Waals surface area contributed by atoms with Crippen LogP contribution in [0.4, 0.5) is 18.0 Å². The molecule has 0 spiro atoms. The third kappa shape index (κ3) is 8.43. The SMILES string of the molecule is O=C(O[C@@H](Cc1c(Cl)c[nH+]cc1Cl)c1ccc(OC(F)F)c(OCC2CC2)c1)Sc1ccc(F)cc1.[OH-]. The first-order chi connectivity index (χ1) is 17.3. The Morgan fingerprint density at radius 2 is 1.73 bits per heavy atom. The smallest absolute Gasteiger partial charge is 0.387 e. The molecule has 4 rings (SSSR count). The summed E-state index contributed by atoms with van der Waals surface area (Å²) in [6.07, 6.45) is 4.30. The van der Waals surface area contributed by atoms with Crippen LogP contribution in [0.3, 0.4) is 0 Å². The zero-order valence-corrected chi connectivity index (χ0v) is 21.5. The van der Waals surface area contributed by atoms with Gasteiger partial charge in [0.25, 0.3) is 0 Å². The number of aromatic amines is 1. The molecule has 1 aromatic heterocycles. The van der Waals surface area contributed by atoms with Gasteiger partial charge in [0.05, 0.1) is 6.61 Å². The quantitative estimate of drug-likeness (QED) is 0.185. The van der Waals surface area contributed by atoms with Crippen molar-refractivity contribution in [2.45, 2.75) is 36.9 Å². The fourth-order valence-electron chi connectivity index (χ4n) is 3.35. The van der Waals surface area contributed by atoms with Crippen molar-refractivity contribution in [1.82, 2.24) is 0 Å². The van der Waals surface area contributed by atoms with Gasteiger partial charge in [-0.05, 0) is 72.5 Å². The Bertz CT molecular complexity index is 1200. The highest BCUT2D eigenvalue weighted by Crippen LogP contribution is 2.38. The predicted octanol–water partition coefficient (Wildman–Crippen LogP) is 7.37. The molecule has 6 nitrogen and oxygen atoms in total. The molecule has 1 aliphatic rings. The Morgan fingerprint density at radius 1 is 1.05 bits per heavy atom. The van der Waals surface area contributed by atoms with Crippen LogP contribution in [0.2, 0.25) is 10.0 Å². The van der Waals surface area contributed by atoms with Crippen LogP contribution < -0.4 is 14.5 Å². The summed E-state index contributed by atoms with van der Waals surface area (Å²) in [5.41, 5.74) is 0.991. The minimum Gasteiger partial charge on any atom is -0.870 e. The molecule has 1 aliphatic carbocycles.